The Balaban J connectivity index is 1.78. The smallest absolute Gasteiger partial charge is 0.346 e. The SMILES string of the molecule is COCC1=CC2C=C(C)C(OC(C)=O)CC=C(C)C3C=CC4C(OC(C)=O)C(C)CC(C)C4C3(C)C(O)=C3C(=O)OC2(CC1C)C3=O. The molecule has 5 aliphatic rings. The predicted octanol–water partition coefficient (Wildman–Crippen LogP) is 6.15. The van der Waals surface area contributed by atoms with Gasteiger partial charge in [-0.2, -0.15) is 0 Å². The van der Waals surface area contributed by atoms with Gasteiger partial charge in [0.25, 0.3) is 0 Å². The highest BCUT2D eigenvalue weighted by atomic mass is 16.6. The zero-order valence-corrected chi connectivity index (χ0v) is 29.1. The monoisotopic (exact) mass is 650 g/mol. The maximum Gasteiger partial charge on any atom is 0.346 e. The van der Waals surface area contributed by atoms with Crippen LogP contribution in [-0.4, -0.2) is 60.3 Å². The molecule has 2 fully saturated rings. The summed E-state index contributed by atoms with van der Waals surface area (Å²) in [4.78, 5) is 53.4. The van der Waals surface area contributed by atoms with Crippen LogP contribution in [0.1, 0.15) is 74.7 Å². The van der Waals surface area contributed by atoms with Crippen LogP contribution in [0.2, 0.25) is 0 Å². The molecule has 0 aromatic carbocycles. The second-order valence-corrected chi connectivity index (χ2v) is 14.8. The number of esters is 3. The molecule has 9 nitrogen and oxygen atoms in total. The summed E-state index contributed by atoms with van der Waals surface area (Å²) in [5, 5.41) is 12.5. The number of aliphatic hydroxyl groups is 1. The Bertz CT molecular complexity index is 1500. The molecule has 47 heavy (non-hydrogen) atoms. The Morgan fingerprint density at radius 3 is 2.32 bits per heavy atom. The van der Waals surface area contributed by atoms with Gasteiger partial charge in [0.1, 0.15) is 23.5 Å². The van der Waals surface area contributed by atoms with Gasteiger partial charge in [-0.05, 0) is 55.1 Å². The summed E-state index contributed by atoms with van der Waals surface area (Å²) in [5.74, 6) is -4.13. The Hall–Kier alpha value is -3.46. The molecule has 256 valence electrons. The first-order valence-electron chi connectivity index (χ1n) is 16.9. The first-order valence-corrected chi connectivity index (χ1v) is 16.9. The number of Topliss-reactive ketones (excluding diaryl/α,β-unsaturated/α-hetero) is 1. The van der Waals surface area contributed by atoms with Gasteiger partial charge in [-0.1, -0.05) is 63.6 Å². The number of carbonyl (C=O) groups is 4. The highest BCUT2D eigenvalue weighted by Crippen LogP contribution is 2.60. The number of methoxy groups -OCH3 is 1. The first kappa shape index (κ1) is 34.9. The van der Waals surface area contributed by atoms with Gasteiger partial charge >= 0.3 is 17.9 Å². The van der Waals surface area contributed by atoms with Gasteiger partial charge in [0.05, 0.1) is 6.61 Å². The van der Waals surface area contributed by atoms with E-state index < -0.39 is 52.8 Å². The fourth-order valence-electron chi connectivity index (χ4n) is 9.54. The number of allylic oxidation sites excluding steroid dienone is 3. The van der Waals surface area contributed by atoms with Crippen molar-refractivity contribution in [3.63, 3.8) is 0 Å². The van der Waals surface area contributed by atoms with Crippen molar-refractivity contribution in [2.45, 2.75) is 92.5 Å². The predicted molar refractivity (Wildman–Crippen MR) is 175 cm³/mol. The fraction of sp³-hybridized carbons (Fsp3) is 0.632. The Kier molecular flexibility index (Phi) is 9.54. The normalized spacial score (nSPS) is 40.2. The number of ketones is 1. The first-order chi connectivity index (χ1) is 22.1. The largest absolute Gasteiger partial charge is 0.511 e. The van der Waals surface area contributed by atoms with Crippen molar-refractivity contribution in [1.29, 1.82) is 0 Å². The van der Waals surface area contributed by atoms with Crippen LogP contribution in [0.25, 0.3) is 0 Å². The maximum atomic E-state index is 14.8. The van der Waals surface area contributed by atoms with Crippen LogP contribution in [0.15, 0.2) is 58.4 Å². The Morgan fingerprint density at radius 2 is 1.68 bits per heavy atom. The molecule has 2 bridgehead atoms. The molecule has 4 aliphatic carbocycles. The molecule has 0 radical (unpaired) electrons. The summed E-state index contributed by atoms with van der Waals surface area (Å²) in [6.07, 6.45) is 10.2. The van der Waals surface area contributed by atoms with E-state index in [1.807, 2.05) is 52.0 Å². The maximum absolute atomic E-state index is 14.8. The second kappa shape index (κ2) is 12.9. The van der Waals surface area contributed by atoms with Crippen molar-refractivity contribution in [3.8, 4) is 0 Å². The number of carbonyl (C=O) groups excluding carboxylic acids is 4. The second-order valence-electron chi connectivity index (χ2n) is 14.8. The minimum Gasteiger partial charge on any atom is -0.511 e. The van der Waals surface area contributed by atoms with Gasteiger partial charge in [-0.15, -0.1) is 0 Å². The van der Waals surface area contributed by atoms with Gasteiger partial charge in [-0.25, -0.2) is 4.79 Å². The van der Waals surface area contributed by atoms with Crippen LogP contribution in [0.4, 0.5) is 0 Å². The molecular formula is C38H50O9. The molecule has 11 unspecified atom stereocenters. The summed E-state index contributed by atoms with van der Waals surface area (Å²) in [5.41, 5.74) is -0.434. The van der Waals surface area contributed by atoms with Crippen LogP contribution < -0.4 is 0 Å². The molecule has 1 spiro atoms. The summed E-state index contributed by atoms with van der Waals surface area (Å²) in [7, 11) is 1.61. The van der Waals surface area contributed by atoms with Crippen LogP contribution in [0.3, 0.4) is 0 Å². The molecule has 1 heterocycles. The zero-order chi connectivity index (χ0) is 34.6. The van der Waals surface area contributed by atoms with E-state index >= 15 is 0 Å². The van der Waals surface area contributed by atoms with Crippen molar-refractivity contribution < 1.29 is 43.2 Å². The van der Waals surface area contributed by atoms with Crippen LogP contribution in [-0.2, 0) is 38.1 Å². The standard InChI is InChI=1S/C38H50O9/c1-19-10-13-30(45-24(6)39)20(2)15-27-16-26(18-44-9)23(5)17-38(27)35(42)31(36(43)47-38)34(41)37(8)29(19)12-11-28-32(37)21(3)14-22(4)33(28)46-25(7)40/h10-12,15-16,21-23,27-30,32-33,41H,13-14,17-18H2,1-9H3. The molecule has 1 aliphatic heterocycles. The third kappa shape index (κ3) is 5.83. The quantitative estimate of drug-likeness (QED) is 0.165. The fourth-order valence-corrected chi connectivity index (χ4v) is 9.54. The van der Waals surface area contributed by atoms with E-state index in [1.54, 1.807) is 7.11 Å². The van der Waals surface area contributed by atoms with Gasteiger partial charge in [0.2, 0.25) is 5.78 Å². The Labute approximate surface area is 278 Å². The van der Waals surface area contributed by atoms with E-state index in [4.69, 9.17) is 18.9 Å². The average molecular weight is 651 g/mol. The molecule has 0 amide bonds. The average Bonchev–Trinajstić information content (AvgIpc) is 3.22. The van der Waals surface area contributed by atoms with Crippen molar-refractivity contribution >= 4 is 23.7 Å². The minimum atomic E-state index is -1.58. The number of ether oxygens (including phenoxy) is 4. The summed E-state index contributed by atoms with van der Waals surface area (Å²) < 4.78 is 23.4. The summed E-state index contributed by atoms with van der Waals surface area (Å²) in [6.45, 7) is 15.0. The van der Waals surface area contributed by atoms with Crippen molar-refractivity contribution in [1.82, 2.24) is 0 Å². The lowest BCUT2D eigenvalue weighted by atomic mass is 9.49. The van der Waals surface area contributed by atoms with Gasteiger partial charge in [0, 0.05) is 57.0 Å². The highest BCUT2D eigenvalue weighted by Gasteiger charge is 2.63. The van der Waals surface area contributed by atoms with Crippen LogP contribution in [0, 0.1) is 46.8 Å². The molecule has 0 aromatic heterocycles. The molecule has 11 atom stereocenters. The number of rotatable bonds is 4. The summed E-state index contributed by atoms with van der Waals surface area (Å²) in [6, 6.07) is 0. The molecule has 5 rings (SSSR count). The van der Waals surface area contributed by atoms with E-state index in [0.717, 1.165) is 23.1 Å². The van der Waals surface area contributed by atoms with Gasteiger partial charge in [-0.3, -0.25) is 14.4 Å². The lowest BCUT2D eigenvalue weighted by molar-refractivity contribution is -0.161. The zero-order valence-electron chi connectivity index (χ0n) is 29.1. The number of hydrogen-bond acceptors (Lipinski definition) is 9. The lowest BCUT2D eigenvalue weighted by Gasteiger charge is -2.56. The van der Waals surface area contributed by atoms with E-state index in [1.165, 1.54) is 13.8 Å². The van der Waals surface area contributed by atoms with Gasteiger partial charge < -0.3 is 24.1 Å². The third-order valence-electron chi connectivity index (χ3n) is 11.6. The number of hydrogen-bond donors (Lipinski definition) is 1. The molecule has 1 N–H and O–H groups in total. The molecule has 1 saturated carbocycles. The number of fused-ring (bicyclic) bond motifs is 4. The third-order valence-corrected chi connectivity index (χ3v) is 11.6. The number of aliphatic hydroxyl groups excluding tert-OH is 1. The van der Waals surface area contributed by atoms with E-state index in [0.29, 0.717) is 13.0 Å². The van der Waals surface area contributed by atoms with Crippen LogP contribution in [0.5, 0.6) is 0 Å². The van der Waals surface area contributed by atoms with E-state index in [-0.39, 0.29) is 53.3 Å². The van der Waals surface area contributed by atoms with Crippen molar-refractivity contribution in [3.05, 3.63) is 58.4 Å². The minimum absolute atomic E-state index is 0.0478. The van der Waals surface area contributed by atoms with Crippen LogP contribution >= 0.6 is 0 Å². The van der Waals surface area contributed by atoms with E-state index in [9.17, 15) is 24.3 Å². The Morgan fingerprint density at radius 1 is 1.00 bits per heavy atom. The van der Waals surface area contributed by atoms with Crippen molar-refractivity contribution in [2.24, 2.45) is 46.8 Å². The van der Waals surface area contributed by atoms with Crippen molar-refractivity contribution in [2.75, 3.05) is 13.7 Å². The lowest BCUT2D eigenvalue weighted by Crippen LogP contribution is -2.55. The topological polar surface area (TPSA) is 125 Å². The highest BCUT2D eigenvalue weighted by molar-refractivity contribution is 6.26. The molecule has 1 saturated heterocycles. The molecule has 9 heteroatoms. The molecular weight excluding hydrogens is 600 g/mol. The molecule has 0 aromatic rings. The van der Waals surface area contributed by atoms with Gasteiger partial charge in [0.15, 0.2) is 5.60 Å². The summed E-state index contributed by atoms with van der Waals surface area (Å²) >= 11 is 0. The van der Waals surface area contributed by atoms with E-state index in [2.05, 4.69) is 19.9 Å².